The molecule has 144 heavy (non-hydrogen) atoms. The topological polar surface area (TPSA) is 413 Å². The summed E-state index contributed by atoms with van der Waals surface area (Å²) >= 11 is 3.02. The Bertz CT molecular complexity index is 5410. The number of alkyl halides is 6. The summed E-state index contributed by atoms with van der Waals surface area (Å²) < 4.78 is 117. The molecule has 6 aromatic rings. The fourth-order valence-corrected chi connectivity index (χ4v) is 18.6. The average Bonchev–Trinajstić information content (AvgIpc) is 1.64. The summed E-state index contributed by atoms with van der Waals surface area (Å²) in [6.45, 7) is 40.1. The van der Waals surface area contributed by atoms with Gasteiger partial charge in [0.05, 0.1) is 122 Å². The normalized spacial score (nSPS) is 31.5. The van der Waals surface area contributed by atoms with Gasteiger partial charge in [0.1, 0.15) is 65.0 Å². The minimum atomic E-state index is -4.63. The van der Waals surface area contributed by atoms with Gasteiger partial charge in [-0.25, -0.2) is 19.9 Å². The van der Waals surface area contributed by atoms with E-state index in [-0.39, 0.29) is 49.1 Å². The van der Waals surface area contributed by atoms with Crippen LogP contribution in [-0.2, 0) is 57.3 Å². The zero-order valence-corrected chi connectivity index (χ0v) is 88.5. The maximum atomic E-state index is 13.8. The second-order valence-corrected chi connectivity index (χ2v) is 43.3. The monoisotopic (exact) mass is 2050 g/mol. The Labute approximate surface area is 848 Å². The van der Waals surface area contributed by atoms with Crippen LogP contribution in [0, 0.1) is 96.7 Å². The zero-order chi connectivity index (χ0) is 108. The highest BCUT2D eigenvalue weighted by Gasteiger charge is 2.48. The smallest absolute Gasteiger partial charge is 0.412 e. The van der Waals surface area contributed by atoms with Gasteiger partial charge < -0.3 is 68.6 Å². The molecule has 10 rings (SSSR count). The first-order valence-corrected chi connectivity index (χ1v) is 50.4. The van der Waals surface area contributed by atoms with Gasteiger partial charge in [0.2, 0.25) is 0 Å². The highest BCUT2D eigenvalue weighted by Crippen LogP contribution is 2.42. The first-order chi connectivity index (χ1) is 66.9. The number of cyclic esters (lactones) is 4. The van der Waals surface area contributed by atoms with Crippen LogP contribution >= 0.6 is 22.7 Å². The molecule has 8 N–H and O–H groups in total. The van der Waals surface area contributed by atoms with Crippen molar-refractivity contribution in [3.8, 4) is 0 Å². The second kappa shape index (κ2) is 52.5. The molecule has 0 aliphatic carbocycles. The van der Waals surface area contributed by atoms with Crippen molar-refractivity contribution in [2.45, 2.75) is 329 Å². The Balaban J connectivity index is 0.000000260. The lowest BCUT2D eigenvalue weighted by Crippen LogP contribution is -2.45. The number of aromatic nitrogens is 4. The minimum absolute atomic E-state index is 0.228. The molecular weight excluding hydrogens is 1910 g/mol. The molecule has 0 bridgehead atoms. The van der Waals surface area contributed by atoms with Crippen molar-refractivity contribution in [1.29, 1.82) is 0 Å². The number of allylic oxidation sites excluding steroid dienone is 8. The molecule has 34 heteroatoms. The van der Waals surface area contributed by atoms with Crippen molar-refractivity contribution in [1.82, 2.24) is 19.9 Å². The van der Waals surface area contributed by atoms with Crippen LogP contribution in [-0.4, -0.2) is 181 Å². The number of fused-ring (bicyclic) bond motifs is 2. The third kappa shape index (κ3) is 34.0. The molecule has 4 aliphatic rings. The van der Waals surface area contributed by atoms with E-state index in [1.54, 1.807) is 112 Å². The molecular formula is C110H146F6N4O22S2. The summed E-state index contributed by atoms with van der Waals surface area (Å²) in [5.41, 5.74) is 1.05. The highest BCUT2D eigenvalue weighted by atomic mass is 32.1. The molecule has 4 aliphatic heterocycles. The Morgan fingerprint density at radius 3 is 1.10 bits per heavy atom. The number of rotatable bonds is 6. The van der Waals surface area contributed by atoms with Crippen LogP contribution in [0.5, 0.6) is 0 Å². The second-order valence-electron chi connectivity index (χ2n) is 41.0. The predicted octanol–water partition coefficient (Wildman–Crippen LogP) is 21.2. The quantitative estimate of drug-likeness (QED) is 0.0332. The predicted molar refractivity (Wildman–Crippen MR) is 540 cm³/mol. The Morgan fingerprint density at radius 2 is 0.757 bits per heavy atom. The zero-order valence-electron chi connectivity index (χ0n) is 86.9. The number of halogens is 6. The third-order valence-electron chi connectivity index (χ3n) is 27.6. The minimum Gasteiger partial charge on any atom is -0.457 e. The molecule has 0 unspecified atom stereocenters. The van der Waals surface area contributed by atoms with Gasteiger partial charge in [-0.05, 0) is 126 Å². The van der Waals surface area contributed by atoms with Crippen LogP contribution in [0.3, 0.4) is 0 Å². The van der Waals surface area contributed by atoms with Crippen molar-refractivity contribution in [2.75, 3.05) is 0 Å². The lowest BCUT2D eigenvalue weighted by molar-refractivity contribution is -0.157. The van der Waals surface area contributed by atoms with E-state index in [0.29, 0.717) is 71.1 Å². The standard InChI is InChI=1S/C28H37NO6.C28H37NO5S.C27H36F3NO6.C27H36F3NO5S/c1-16-8-7-9-17(2)26(32)18(3)27(33)28(5,6)24(30)15-25(31)35-22(12-10-16)20-11-13-23-21(14-20)29-19(4)34-23;1-16-8-7-9-17(2)26(32)18(3)27(33)28(5,6)24(30)15-25(31)34-22(12-10-16)20-11-13-23-21(14-20)29-19(4)35-23;1-15-8-7-9-19(27(28,29)30)10-11-21(16(2)12-20-14-36-18(4)31-20)37-23(33)13-22(32)26(5,6)25(35)17(3)24(15)34;1-15-8-7-9-19(27(28,29)30)10-11-21(16(2)12-20-14-37-18(4)31-20)36-23(33)13-22(32)26(5,6)25(35)17(3)24(15)34/h2*7,9-11,13-14,17-18,22,24,26,30,32H,8,12,15H2,1-6H3;2*7-8,10,12,14-15,17,21-22,24,32,34H,9,11,13H2,1-6H3/b2*9-7+,16-10-;2*8-7+,16-12+,19-10+/t2*17-,18+,22-,24-,26-;2*15-,17+,21-,22-,24-/m0000/s1. The number of oxazole rings is 2. The maximum Gasteiger partial charge on any atom is 0.412 e. The summed E-state index contributed by atoms with van der Waals surface area (Å²) in [4.78, 5) is 121. The van der Waals surface area contributed by atoms with E-state index in [0.717, 1.165) is 54.7 Å². The van der Waals surface area contributed by atoms with Gasteiger partial charge in [0, 0.05) is 103 Å². The fraction of sp³-hybridized carbons (Fsp3) is 0.564. The summed E-state index contributed by atoms with van der Waals surface area (Å²) in [5.74, 6) is -8.42. The van der Waals surface area contributed by atoms with Gasteiger partial charge in [-0.2, -0.15) is 26.3 Å². The van der Waals surface area contributed by atoms with Gasteiger partial charge in [0.25, 0.3) is 0 Å². The van der Waals surface area contributed by atoms with Crippen molar-refractivity contribution < 1.29 is 133 Å². The Hall–Kier alpha value is -10.1. The molecule has 4 aromatic heterocycles. The van der Waals surface area contributed by atoms with E-state index in [2.05, 4.69) is 26.0 Å². The number of aliphatic hydroxyl groups excluding tert-OH is 8. The number of carbonyl (C=O) groups is 8. The number of Topliss-reactive ketones (excluding diaryl/α,β-unsaturated/α-hetero) is 4. The van der Waals surface area contributed by atoms with E-state index < -0.39 is 215 Å². The Morgan fingerprint density at radius 1 is 0.410 bits per heavy atom. The number of carbonyl (C=O) groups excluding carboxylic acids is 8. The maximum absolute atomic E-state index is 13.8. The molecule has 792 valence electrons. The van der Waals surface area contributed by atoms with Crippen LogP contribution in [0.1, 0.15) is 272 Å². The van der Waals surface area contributed by atoms with E-state index >= 15 is 0 Å². The number of benzene rings is 2. The number of nitrogens with zero attached hydrogens (tertiary/aromatic N) is 4. The van der Waals surface area contributed by atoms with E-state index in [1.807, 2.05) is 108 Å². The number of ketones is 4. The molecule has 0 spiro atoms. The molecule has 0 fully saturated rings. The summed E-state index contributed by atoms with van der Waals surface area (Å²) in [7, 11) is 0. The van der Waals surface area contributed by atoms with Crippen LogP contribution < -0.4 is 0 Å². The van der Waals surface area contributed by atoms with Crippen LogP contribution in [0.15, 0.2) is 163 Å². The molecule has 0 amide bonds. The summed E-state index contributed by atoms with van der Waals surface area (Å²) in [5, 5.41) is 89.6. The first kappa shape index (κ1) is 121. The first-order valence-electron chi connectivity index (χ1n) is 48.7. The van der Waals surface area contributed by atoms with Crippen molar-refractivity contribution in [3.63, 3.8) is 0 Å². The Kier molecular flexibility index (Phi) is 44.0. The van der Waals surface area contributed by atoms with Crippen molar-refractivity contribution in [2.24, 2.45) is 69.0 Å². The lowest BCUT2D eigenvalue weighted by atomic mass is 9.73. The van der Waals surface area contributed by atoms with E-state index in [9.17, 15) is 106 Å². The highest BCUT2D eigenvalue weighted by molar-refractivity contribution is 7.18. The van der Waals surface area contributed by atoms with Gasteiger partial charge in [-0.15, -0.1) is 22.7 Å². The van der Waals surface area contributed by atoms with Gasteiger partial charge in [-0.1, -0.05) is 207 Å². The number of ether oxygens (including phenoxy) is 4. The van der Waals surface area contributed by atoms with Gasteiger partial charge in [0.15, 0.2) is 17.4 Å². The fourth-order valence-electron chi connectivity index (χ4n) is 17.3. The van der Waals surface area contributed by atoms with E-state index in [1.165, 1.54) is 83.4 Å². The summed E-state index contributed by atoms with van der Waals surface area (Å²) in [6, 6.07) is 11.4. The van der Waals surface area contributed by atoms with Crippen molar-refractivity contribution in [3.05, 3.63) is 199 Å². The van der Waals surface area contributed by atoms with Gasteiger partial charge in [-0.3, -0.25) is 38.4 Å². The molecule has 2 aromatic carbocycles. The largest absolute Gasteiger partial charge is 0.457 e. The van der Waals surface area contributed by atoms with Crippen molar-refractivity contribution >= 4 is 103 Å². The number of aliphatic hydroxyl groups is 8. The molecule has 20 atom stereocenters. The molecule has 26 nitrogen and oxygen atoms in total. The number of aryl methyl sites for hydroxylation is 4. The van der Waals surface area contributed by atoms with Crippen LogP contribution in [0.25, 0.3) is 33.5 Å². The molecule has 0 saturated heterocycles. The molecule has 0 radical (unpaired) electrons. The SMILES string of the molecule is C/C(=C\c1coc(C)n1)[C@@H]1C/C=C(/C(F)(F)F)C/C=C/[C@H](C)[C@H](O)[C@@H](C)C(=O)C(C)(C)[C@@H](O)CC(=O)O1.C/C(=C\c1csc(C)n1)[C@@H]1C/C=C(/C(F)(F)F)C/C=C/[C@H](C)[C@H](O)[C@@H](C)C(=O)C(C)(C)[C@@H](O)CC(=O)O1.C/C1=C/C[C@@H](c2ccc3oc(C)nc3c2)OC(=O)C[C@H](O)C(C)(C)C(=O)[C@H](C)[C@@H](O)[C@@H](C)/C=C/C1.C/C1=C/C[C@@H](c2ccc3sc(C)nc3c2)OC(=O)C[C@H](O)C(C)(C)C(=O)[C@H](C)[C@@H](O)[C@@H](C)/C=C/C1. The van der Waals surface area contributed by atoms with E-state index in [4.69, 9.17) is 27.8 Å². The number of thiazole rings is 2. The summed E-state index contributed by atoms with van der Waals surface area (Å²) in [6.07, 6.45) is 1.12. The molecule has 0 saturated carbocycles. The molecule has 8 heterocycles. The number of hydrogen-bond donors (Lipinski definition) is 8. The average molecular weight is 2050 g/mol. The van der Waals surface area contributed by atoms with Crippen LogP contribution in [0.2, 0.25) is 0 Å². The van der Waals surface area contributed by atoms with Gasteiger partial charge >= 0.3 is 36.2 Å². The van der Waals surface area contributed by atoms with Crippen LogP contribution in [0.4, 0.5) is 26.3 Å². The number of hydrogen-bond acceptors (Lipinski definition) is 28. The number of esters is 4. The third-order valence-corrected chi connectivity index (χ3v) is 29.4. The lowest BCUT2D eigenvalue weighted by Gasteiger charge is -2.34.